The van der Waals surface area contributed by atoms with Crippen LogP contribution >= 0.6 is 23.4 Å². The molecule has 0 amide bonds. The normalized spacial score (nSPS) is 14.6. The quantitative estimate of drug-likeness (QED) is 0.304. The Bertz CT molecular complexity index is 1290. The summed E-state index contributed by atoms with van der Waals surface area (Å²) in [6.07, 6.45) is 0.127. The van der Waals surface area contributed by atoms with Crippen LogP contribution in [0.3, 0.4) is 0 Å². The summed E-state index contributed by atoms with van der Waals surface area (Å²) < 4.78 is 40.9. The number of aromatic nitrogens is 3. The second kappa shape index (κ2) is 9.03. The lowest BCUT2D eigenvalue weighted by atomic mass is 10.1. The lowest BCUT2D eigenvalue weighted by molar-refractivity contribution is 0.0678. The molecule has 0 spiro atoms. The number of hydrogen-bond donors (Lipinski definition) is 0. The zero-order chi connectivity index (χ0) is 22.9. The van der Waals surface area contributed by atoms with Crippen molar-refractivity contribution in [1.29, 1.82) is 0 Å². The maximum atomic E-state index is 14.2. The average Bonchev–Trinajstić information content (AvgIpc) is 3.36. The molecule has 1 unspecified atom stereocenters. The highest BCUT2D eigenvalue weighted by Crippen LogP contribution is 2.36. The van der Waals surface area contributed by atoms with Gasteiger partial charge in [0.25, 0.3) is 0 Å². The van der Waals surface area contributed by atoms with Crippen molar-refractivity contribution in [1.82, 2.24) is 14.8 Å². The Balaban J connectivity index is 1.47. The molecule has 9 heteroatoms. The topological polar surface area (TPSA) is 49.2 Å². The largest absolute Gasteiger partial charge is 0.451 e. The fourth-order valence-corrected chi connectivity index (χ4v) is 4.90. The molecule has 1 atom stereocenters. The summed E-state index contributed by atoms with van der Waals surface area (Å²) in [5.41, 5.74) is 2.05. The van der Waals surface area contributed by atoms with E-state index in [0.29, 0.717) is 45.2 Å². The van der Waals surface area contributed by atoms with Crippen molar-refractivity contribution in [2.75, 3.05) is 0 Å². The van der Waals surface area contributed by atoms with E-state index in [0.717, 1.165) is 5.56 Å². The zero-order valence-electron chi connectivity index (χ0n) is 17.5. The number of thioether (sulfide) groups is 1. The van der Waals surface area contributed by atoms with Gasteiger partial charge in [0.2, 0.25) is 6.29 Å². The lowest BCUT2D eigenvalue weighted by Gasteiger charge is -2.11. The molecule has 0 fully saturated rings. The third-order valence-corrected chi connectivity index (χ3v) is 6.46. The highest BCUT2D eigenvalue weighted by atomic mass is 35.5. The minimum absolute atomic E-state index is 0.271. The van der Waals surface area contributed by atoms with E-state index in [1.165, 1.54) is 30.0 Å². The van der Waals surface area contributed by atoms with Gasteiger partial charge in [0.1, 0.15) is 17.5 Å². The Labute approximate surface area is 198 Å². The Morgan fingerprint density at radius 3 is 2.58 bits per heavy atom. The van der Waals surface area contributed by atoms with Crippen LogP contribution in [0.2, 0.25) is 5.02 Å². The number of benzene rings is 3. The SMILES string of the molecule is CC1Oc2ccc(Cc3nnc(SCc4c(F)cccc4Cl)n3-c3ccc(F)cc3)cc2O1. The first-order valence-corrected chi connectivity index (χ1v) is 11.6. The van der Waals surface area contributed by atoms with Crippen LogP contribution in [-0.4, -0.2) is 21.1 Å². The van der Waals surface area contributed by atoms with E-state index in [9.17, 15) is 8.78 Å². The monoisotopic (exact) mass is 485 g/mol. The number of halogens is 3. The predicted octanol–water partition coefficient (Wildman–Crippen LogP) is 6.20. The first kappa shape index (κ1) is 21.7. The van der Waals surface area contributed by atoms with Gasteiger partial charge < -0.3 is 9.47 Å². The van der Waals surface area contributed by atoms with Gasteiger partial charge in [-0.2, -0.15) is 0 Å². The molecule has 1 aromatic heterocycles. The van der Waals surface area contributed by atoms with Crippen molar-refractivity contribution >= 4 is 23.4 Å². The summed E-state index contributed by atoms with van der Waals surface area (Å²) in [6.45, 7) is 1.83. The van der Waals surface area contributed by atoms with Crippen molar-refractivity contribution in [3.05, 3.63) is 94.3 Å². The lowest BCUT2D eigenvalue weighted by Crippen LogP contribution is -2.11. The molecule has 2 heterocycles. The predicted molar refractivity (Wildman–Crippen MR) is 122 cm³/mol. The third kappa shape index (κ3) is 4.54. The van der Waals surface area contributed by atoms with Gasteiger partial charge in [-0.3, -0.25) is 4.57 Å². The molecule has 33 heavy (non-hydrogen) atoms. The highest BCUT2D eigenvalue weighted by Gasteiger charge is 2.22. The molecule has 0 aliphatic carbocycles. The molecule has 168 valence electrons. The van der Waals surface area contributed by atoms with Gasteiger partial charge in [-0.25, -0.2) is 8.78 Å². The standard InChI is InChI=1S/C24H18ClF2N3O2S/c1-14-31-21-10-5-15(11-22(21)32-14)12-23-28-29-24(30(23)17-8-6-16(26)7-9-17)33-13-18-19(25)3-2-4-20(18)27/h2-11,14H,12-13H2,1H3. The van der Waals surface area contributed by atoms with Crippen molar-refractivity contribution < 1.29 is 18.3 Å². The molecule has 1 aliphatic rings. The van der Waals surface area contributed by atoms with Gasteiger partial charge >= 0.3 is 0 Å². The molecule has 1 aliphatic heterocycles. The zero-order valence-corrected chi connectivity index (χ0v) is 19.0. The molecular formula is C24H18ClF2N3O2S. The number of rotatable bonds is 6. The summed E-state index contributed by atoms with van der Waals surface area (Å²) >= 11 is 7.48. The molecule has 0 bridgehead atoms. The summed E-state index contributed by atoms with van der Waals surface area (Å²) in [5.74, 6) is 1.58. The van der Waals surface area contributed by atoms with Crippen molar-refractivity contribution in [2.24, 2.45) is 0 Å². The minimum atomic E-state index is -0.377. The maximum Gasteiger partial charge on any atom is 0.238 e. The average molecular weight is 486 g/mol. The van der Waals surface area contributed by atoms with Crippen LogP contribution < -0.4 is 9.47 Å². The van der Waals surface area contributed by atoms with Crippen LogP contribution in [0.15, 0.2) is 65.8 Å². The molecule has 0 saturated heterocycles. The Morgan fingerprint density at radius 2 is 1.79 bits per heavy atom. The Kier molecular flexibility index (Phi) is 5.95. The first-order chi connectivity index (χ1) is 16.0. The van der Waals surface area contributed by atoms with Crippen LogP contribution in [0, 0.1) is 11.6 Å². The molecule has 0 saturated carbocycles. The summed E-state index contributed by atoms with van der Waals surface area (Å²) in [4.78, 5) is 0. The van der Waals surface area contributed by atoms with Crippen molar-refractivity contribution in [2.45, 2.75) is 30.5 Å². The number of fused-ring (bicyclic) bond motifs is 1. The van der Waals surface area contributed by atoms with E-state index in [1.54, 1.807) is 24.3 Å². The van der Waals surface area contributed by atoms with Crippen molar-refractivity contribution in [3.63, 3.8) is 0 Å². The van der Waals surface area contributed by atoms with Crippen LogP contribution in [-0.2, 0) is 12.2 Å². The second-order valence-corrected chi connectivity index (χ2v) is 8.81. The maximum absolute atomic E-state index is 14.2. The number of nitrogens with zero attached hydrogens (tertiary/aromatic N) is 3. The van der Waals surface area contributed by atoms with E-state index in [4.69, 9.17) is 21.1 Å². The minimum Gasteiger partial charge on any atom is -0.451 e. The summed E-state index contributed by atoms with van der Waals surface area (Å²) in [5, 5.41) is 9.60. The van der Waals surface area contributed by atoms with E-state index >= 15 is 0 Å². The van der Waals surface area contributed by atoms with Gasteiger partial charge in [0.05, 0.1) is 0 Å². The van der Waals surface area contributed by atoms with Gasteiger partial charge in [0.15, 0.2) is 16.7 Å². The van der Waals surface area contributed by atoms with Gasteiger partial charge in [-0.05, 0) is 54.1 Å². The third-order valence-electron chi connectivity index (χ3n) is 5.15. The van der Waals surface area contributed by atoms with Crippen LogP contribution in [0.5, 0.6) is 11.5 Å². The van der Waals surface area contributed by atoms with E-state index < -0.39 is 0 Å². The molecular weight excluding hydrogens is 468 g/mol. The van der Waals surface area contributed by atoms with E-state index in [2.05, 4.69) is 10.2 Å². The van der Waals surface area contributed by atoms with E-state index in [1.807, 2.05) is 29.7 Å². The second-order valence-electron chi connectivity index (χ2n) is 7.46. The smallest absolute Gasteiger partial charge is 0.238 e. The fourth-order valence-electron chi connectivity index (χ4n) is 3.58. The number of ether oxygens (including phenoxy) is 2. The molecule has 3 aromatic carbocycles. The molecule has 4 aromatic rings. The van der Waals surface area contributed by atoms with Crippen molar-refractivity contribution in [3.8, 4) is 17.2 Å². The Hall–Kier alpha value is -3.10. The summed E-state index contributed by atoms with van der Waals surface area (Å²) in [6, 6.07) is 16.4. The Morgan fingerprint density at radius 1 is 1.00 bits per heavy atom. The highest BCUT2D eigenvalue weighted by molar-refractivity contribution is 7.98. The first-order valence-electron chi connectivity index (χ1n) is 10.2. The summed E-state index contributed by atoms with van der Waals surface area (Å²) in [7, 11) is 0. The van der Waals surface area contributed by atoms with E-state index in [-0.39, 0.29) is 23.7 Å². The molecule has 0 radical (unpaired) electrons. The molecule has 5 rings (SSSR count). The van der Waals surface area contributed by atoms with Crippen LogP contribution in [0.1, 0.15) is 23.9 Å². The van der Waals surface area contributed by atoms with Gasteiger partial charge in [-0.15, -0.1) is 10.2 Å². The van der Waals surface area contributed by atoms with Crippen LogP contribution in [0.25, 0.3) is 5.69 Å². The van der Waals surface area contributed by atoms with Gasteiger partial charge in [0, 0.05) is 35.4 Å². The molecule has 0 N–H and O–H groups in total. The van der Waals surface area contributed by atoms with Crippen LogP contribution in [0.4, 0.5) is 8.78 Å². The van der Waals surface area contributed by atoms with Gasteiger partial charge in [-0.1, -0.05) is 35.5 Å². The number of hydrogen-bond acceptors (Lipinski definition) is 5. The molecule has 5 nitrogen and oxygen atoms in total. The fraction of sp³-hybridized carbons (Fsp3) is 0.167.